The lowest BCUT2D eigenvalue weighted by molar-refractivity contribution is -0.118. The average molecular weight is 541 g/mol. The Kier molecular flexibility index (Phi) is 9.59. The number of hydrogen-bond acceptors (Lipinski definition) is 8. The number of carbonyl (C=O) groups excluding carboxylic acids is 1. The van der Waals surface area contributed by atoms with E-state index in [-0.39, 0.29) is 11.7 Å². The summed E-state index contributed by atoms with van der Waals surface area (Å²) in [5.41, 5.74) is 5.52. The van der Waals surface area contributed by atoms with Crippen LogP contribution in [-0.4, -0.2) is 28.1 Å². The molecule has 35 heavy (non-hydrogen) atoms. The van der Waals surface area contributed by atoms with Crippen molar-refractivity contribution in [3.05, 3.63) is 101 Å². The van der Waals surface area contributed by atoms with Crippen molar-refractivity contribution >= 4 is 58.6 Å². The smallest absolute Gasteiger partial charge is 0.250 e. The maximum Gasteiger partial charge on any atom is 0.250 e. The molecule has 0 aliphatic carbocycles. The van der Waals surface area contributed by atoms with E-state index in [0.29, 0.717) is 12.4 Å². The van der Waals surface area contributed by atoms with E-state index in [9.17, 15) is 4.79 Å². The first-order chi connectivity index (χ1) is 17.2. The molecule has 4 rings (SSSR count). The number of halogens is 1. The SMILES string of the molecule is O=C(CSc1nnc(SCc2ccccc2Cl)s1)N/N=C\c1cccc(OCc2ccccc2)c1. The summed E-state index contributed by atoms with van der Waals surface area (Å²) in [7, 11) is 0. The number of nitrogens with zero attached hydrogens (tertiary/aromatic N) is 3. The molecule has 0 saturated heterocycles. The summed E-state index contributed by atoms with van der Waals surface area (Å²) in [5.74, 6) is 1.43. The third-order valence-corrected chi connectivity index (χ3v) is 8.14. The van der Waals surface area contributed by atoms with Gasteiger partial charge in [0, 0.05) is 10.8 Å². The van der Waals surface area contributed by atoms with Crippen molar-refractivity contribution in [2.24, 2.45) is 5.10 Å². The zero-order valence-electron chi connectivity index (χ0n) is 18.5. The van der Waals surface area contributed by atoms with Gasteiger partial charge in [-0.25, -0.2) is 5.43 Å². The van der Waals surface area contributed by atoms with E-state index in [0.717, 1.165) is 36.1 Å². The van der Waals surface area contributed by atoms with Crippen LogP contribution in [0.2, 0.25) is 5.02 Å². The number of hydrogen-bond donors (Lipinski definition) is 1. The number of amides is 1. The number of nitrogens with one attached hydrogen (secondary N) is 1. The molecule has 1 heterocycles. The van der Waals surface area contributed by atoms with Gasteiger partial charge in [-0.2, -0.15) is 5.10 Å². The van der Waals surface area contributed by atoms with Crippen molar-refractivity contribution in [1.29, 1.82) is 0 Å². The molecule has 0 radical (unpaired) electrons. The highest BCUT2D eigenvalue weighted by atomic mass is 35.5. The number of benzene rings is 3. The Morgan fingerprint density at radius 2 is 1.77 bits per heavy atom. The third kappa shape index (κ3) is 8.40. The third-order valence-electron chi connectivity index (χ3n) is 4.53. The monoisotopic (exact) mass is 540 g/mol. The maximum atomic E-state index is 12.2. The summed E-state index contributed by atoms with van der Waals surface area (Å²) in [4.78, 5) is 12.2. The normalized spacial score (nSPS) is 11.0. The standard InChI is InChI=1S/C25H21ClN4O2S3/c26-22-12-5-4-10-20(22)16-33-24-29-30-25(35-24)34-17-23(31)28-27-14-19-9-6-11-21(13-19)32-15-18-7-2-1-3-8-18/h1-14H,15-17H2,(H,28,31)/b27-14-. The van der Waals surface area contributed by atoms with E-state index in [1.54, 1.807) is 18.0 Å². The summed E-state index contributed by atoms with van der Waals surface area (Å²) in [6.45, 7) is 0.487. The van der Waals surface area contributed by atoms with E-state index in [1.807, 2.05) is 78.9 Å². The lowest BCUT2D eigenvalue weighted by Gasteiger charge is -2.06. The van der Waals surface area contributed by atoms with Crippen molar-refractivity contribution in [3.63, 3.8) is 0 Å². The second-order valence-corrected chi connectivity index (χ2v) is 11.0. The van der Waals surface area contributed by atoms with Crippen LogP contribution in [0.4, 0.5) is 0 Å². The predicted octanol–water partition coefficient (Wildman–Crippen LogP) is 6.31. The molecule has 0 unspecified atom stereocenters. The molecular formula is C25H21ClN4O2S3. The molecule has 1 aromatic heterocycles. The molecule has 0 atom stereocenters. The molecule has 0 aliphatic heterocycles. The van der Waals surface area contributed by atoms with Crippen LogP contribution in [0, 0.1) is 0 Å². The second kappa shape index (κ2) is 13.3. The first-order valence-corrected chi connectivity index (χ1v) is 13.7. The molecule has 0 aliphatic rings. The highest BCUT2D eigenvalue weighted by Crippen LogP contribution is 2.32. The summed E-state index contributed by atoms with van der Waals surface area (Å²) >= 11 is 10.5. The lowest BCUT2D eigenvalue weighted by Crippen LogP contribution is -2.19. The fraction of sp³-hybridized carbons (Fsp3) is 0.120. The number of thioether (sulfide) groups is 2. The molecule has 1 N–H and O–H groups in total. The van der Waals surface area contributed by atoms with Gasteiger partial charge in [-0.05, 0) is 34.9 Å². The van der Waals surface area contributed by atoms with Crippen LogP contribution in [0.3, 0.4) is 0 Å². The molecule has 0 saturated carbocycles. The first kappa shape index (κ1) is 25.2. The molecule has 6 nitrogen and oxygen atoms in total. The zero-order chi connectivity index (χ0) is 24.3. The lowest BCUT2D eigenvalue weighted by atomic mass is 10.2. The van der Waals surface area contributed by atoms with Crippen LogP contribution in [0.25, 0.3) is 0 Å². The minimum atomic E-state index is -0.219. The van der Waals surface area contributed by atoms with Crippen LogP contribution in [0.5, 0.6) is 5.75 Å². The van der Waals surface area contributed by atoms with E-state index in [4.69, 9.17) is 16.3 Å². The van der Waals surface area contributed by atoms with Crippen LogP contribution in [0.15, 0.2) is 92.6 Å². The summed E-state index contributed by atoms with van der Waals surface area (Å²) in [6, 6.07) is 25.2. The number of aromatic nitrogens is 2. The van der Waals surface area contributed by atoms with Gasteiger partial charge in [0.05, 0.1) is 12.0 Å². The van der Waals surface area contributed by atoms with E-state index in [2.05, 4.69) is 20.7 Å². The molecule has 10 heteroatoms. The van der Waals surface area contributed by atoms with Crippen molar-refractivity contribution in [2.75, 3.05) is 5.75 Å². The topological polar surface area (TPSA) is 76.5 Å². The molecule has 0 bridgehead atoms. The Hall–Kier alpha value is -2.85. The number of hydrazone groups is 1. The zero-order valence-corrected chi connectivity index (χ0v) is 21.7. The minimum Gasteiger partial charge on any atom is -0.489 e. The molecule has 4 aromatic rings. The Labute approximate surface area is 221 Å². The predicted molar refractivity (Wildman–Crippen MR) is 145 cm³/mol. The Balaban J connectivity index is 1.19. The molecular weight excluding hydrogens is 520 g/mol. The summed E-state index contributed by atoms with van der Waals surface area (Å²) < 4.78 is 7.39. The molecule has 0 fully saturated rings. The van der Waals surface area contributed by atoms with Gasteiger partial charge in [-0.3, -0.25) is 4.79 Å². The van der Waals surface area contributed by atoms with Gasteiger partial charge in [0.25, 0.3) is 5.91 Å². The van der Waals surface area contributed by atoms with E-state index in [1.165, 1.54) is 23.1 Å². The van der Waals surface area contributed by atoms with Gasteiger partial charge in [-0.15, -0.1) is 10.2 Å². The van der Waals surface area contributed by atoms with Crippen molar-refractivity contribution in [3.8, 4) is 5.75 Å². The quantitative estimate of drug-likeness (QED) is 0.136. The van der Waals surface area contributed by atoms with E-state index < -0.39 is 0 Å². The van der Waals surface area contributed by atoms with Crippen LogP contribution >= 0.6 is 46.5 Å². The maximum absolute atomic E-state index is 12.2. The van der Waals surface area contributed by atoms with Gasteiger partial charge >= 0.3 is 0 Å². The van der Waals surface area contributed by atoms with Crippen molar-refractivity contribution in [1.82, 2.24) is 15.6 Å². The Bertz CT molecular complexity index is 1280. The summed E-state index contributed by atoms with van der Waals surface area (Å²) in [6.07, 6.45) is 1.59. The number of ether oxygens (including phenoxy) is 1. The molecule has 0 spiro atoms. The van der Waals surface area contributed by atoms with Gasteiger partial charge in [0.2, 0.25) is 0 Å². The minimum absolute atomic E-state index is 0.196. The first-order valence-electron chi connectivity index (χ1n) is 10.6. The van der Waals surface area contributed by atoms with Crippen LogP contribution in [-0.2, 0) is 17.2 Å². The van der Waals surface area contributed by atoms with Gasteiger partial charge in [0.1, 0.15) is 12.4 Å². The molecule has 3 aromatic carbocycles. The van der Waals surface area contributed by atoms with Crippen molar-refractivity contribution < 1.29 is 9.53 Å². The van der Waals surface area contributed by atoms with E-state index >= 15 is 0 Å². The van der Waals surface area contributed by atoms with Crippen LogP contribution in [0.1, 0.15) is 16.7 Å². The summed E-state index contributed by atoms with van der Waals surface area (Å²) in [5, 5.41) is 13.1. The Morgan fingerprint density at radius 3 is 2.60 bits per heavy atom. The number of carbonyl (C=O) groups is 1. The highest BCUT2D eigenvalue weighted by molar-refractivity contribution is 8.03. The number of rotatable bonds is 11. The fourth-order valence-corrected chi connectivity index (χ4v) is 5.93. The van der Waals surface area contributed by atoms with Gasteiger partial charge in [0.15, 0.2) is 8.68 Å². The van der Waals surface area contributed by atoms with Crippen molar-refractivity contribution in [2.45, 2.75) is 21.0 Å². The second-order valence-electron chi connectivity index (χ2n) is 7.14. The highest BCUT2D eigenvalue weighted by Gasteiger charge is 2.09. The van der Waals surface area contributed by atoms with Gasteiger partial charge < -0.3 is 4.74 Å². The Morgan fingerprint density at radius 1 is 1.00 bits per heavy atom. The largest absolute Gasteiger partial charge is 0.489 e. The molecule has 1 amide bonds. The fourth-order valence-electron chi connectivity index (χ4n) is 2.83. The van der Waals surface area contributed by atoms with Crippen LogP contribution < -0.4 is 10.2 Å². The molecule has 178 valence electrons. The van der Waals surface area contributed by atoms with Gasteiger partial charge in [-0.1, -0.05) is 107 Å². The average Bonchev–Trinajstić information content (AvgIpc) is 3.35.